The highest BCUT2D eigenvalue weighted by Crippen LogP contribution is 2.38. The molecule has 5 heteroatoms. The molecule has 0 aliphatic carbocycles. The predicted octanol–water partition coefficient (Wildman–Crippen LogP) is 4.56. The van der Waals surface area contributed by atoms with E-state index < -0.39 is 0 Å². The topological polar surface area (TPSA) is 48.0 Å². The van der Waals surface area contributed by atoms with Gasteiger partial charge in [0.1, 0.15) is 0 Å². The number of benzene rings is 3. The third kappa shape index (κ3) is 4.88. The van der Waals surface area contributed by atoms with E-state index in [1.165, 1.54) is 14.2 Å². The van der Waals surface area contributed by atoms with Crippen molar-refractivity contribution >= 4 is 5.91 Å². The molecule has 1 amide bonds. The van der Waals surface area contributed by atoms with Crippen molar-refractivity contribution in [1.29, 1.82) is 0 Å². The van der Waals surface area contributed by atoms with Crippen LogP contribution in [0, 0.1) is 0 Å². The second-order valence-electron chi connectivity index (χ2n) is 6.55. The fourth-order valence-electron chi connectivity index (χ4n) is 3.19. The van der Waals surface area contributed by atoms with Crippen LogP contribution in [-0.4, -0.2) is 32.1 Å². The van der Waals surface area contributed by atoms with Crippen LogP contribution in [0.3, 0.4) is 0 Å². The molecule has 0 saturated carbocycles. The first-order chi connectivity index (χ1) is 14.2. The Morgan fingerprint density at radius 2 is 1.17 bits per heavy atom. The standard InChI is InChI=1S/C24H25NO4/c1-27-21-14-20(15-22(28-2)23(21)29-3)24(26)25(16-18-10-6-4-7-11-18)17-19-12-8-5-9-13-19/h4-15H,16-17H2,1-3H3. The number of amides is 1. The minimum Gasteiger partial charge on any atom is -0.493 e. The summed E-state index contributed by atoms with van der Waals surface area (Å²) in [7, 11) is 4.62. The summed E-state index contributed by atoms with van der Waals surface area (Å²) in [6, 6.07) is 23.2. The Morgan fingerprint density at radius 1 is 0.724 bits per heavy atom. The third-order valence-electron chi connectivity index (χ3n) is 4.63. The largest absolute Gasteiger partial charge is 0.493 e. The fraction of sp³-hybridized carbons (Fsp3) is 0.208. The number of methoxy groups -OCH3 is 3. The fourth-order valence-corrected chi connectivity index (χ4v) is 3.19. The zero-order chi connectivity index (χ0) is 20.6. The summed E-state index contributed by atoms with van der Waals surface area (Å²) >= 11 is 0. The van der Waals surface area contributed by atoms with Crippen LogP contribution in [-0.2, 0) is 13.1 Å². The molecule has 0 radical (unpaired) electrons. The van der Waals surface area contributed by atoms with Gasteiger partial charge in [-0.3, -0.25) is 4.79 Å². The highest BCUT2D eigenvalue weighted by molar-refractivity contribution is 5.95. The third-order valence-corrected chi connectivity index (χ3v) is 4.63. The zero-order valence-corrected chi connectivity index (χ0v) is 16.9. The highest BCUT2D eigenvalue weighted by atomic mass is 16.5. The molecule has 0 spiro atoms. The van der Waals surface area contributed by atoms with Gasteiger partial charge in [0, 0.05) is 18.7 Å². The molecule has 0 aromatic heterocycles. The lowest BCUT2D eigenvalue weighted by Gasteiger charge is -2.24. The van der Waals surface area contributed by atoms with Crippen LogP contribution in [0.4, 0.5) is 0 Å². The molecule has 29 heavy (non-hydrogen) atoms. The van der Waals surface area contributed by atoms with Gasteiger partial charge in [-0.1, -0.05) is 60.7 Å². The van der Waals surface area contributed by atoms with E-state index in [0.29, 0.717) is 35.9 Å². The van der Waals surface area contributed by atoms with E-state index in [1.807, 2.05) is 65.6 Å². The zero-order valence-electron chi connectivity index (χ0n) is 16.9. The lowest BCUT2D eigenvalue weighted by atomic mass is 10.1. The van der Waals surface area contributed by atoms with Gasteiger partial charge in [0.25, 0.3) is 5.91 Å². The molecule has 0 saturated heterocycles. The second kappa shape index (κ2) is 9.64. The summed E-state index contributed by atoms with van der Waals surface area (Å²) in [5, 5.41) is 0. The van der Waals surface area contributed by atoms with Crippen LogP contribution in [0.1, 0.15) is 21.5 Å². The SMILES string of the molecule is COc1cc(C(=O)N(Cc2ccccc2)Cc2ccccc2)cc(OC)c1OC. The first-order valence-electron chi connectivity index (χ1n) is 9.33. The lowest BCUT2D eigenvalue weighted by molar-refractivity contribution is 0.0729. The monoisotopic (exact) mass is 391 g/mol. The quantitative estimate of drug-likeness (QED) is 0.565. The molecule has 3 aromatic rings. The first kappa shape index (κ1) is 20.3. The second-order valence-corrected chi connectivity index (χ2v) is 6.55. The molecule has 5 nitrogen and oxygen atoms in total. The summed E-state index contributed by atoms with van der Waals surface area (Å²) < 4.78 is 16.2. The van der Waals surface area contributed by atoms with E-state index in [2.05, 4.69) is 0 Å². The van der Waals surface area contributed by atoms with Crippen molar-refractivity contribution in [2.24, 2.45) is 0 Å². The smallest absolute Gasteiger partial charge is 0.254 e. The van der Waals surface area contributed by atoms with Crippen molar-refractivity contribution in [1.82, 2.24) is 4.90 Å². The van der Waals surface area contributed by atoms with Gasteiger partial charge in [-0.05, 0) is 23.3 Å². The van der Waals surface area contributed by atoms with Crippen molar-refractivity contribution < 1.29 is 19.0 Å². The van der Waals surface area contributed by atoms with Crippen LogP contribution in [0.2, 0.25) is 0 Å². The molecular weight excluding hydrogens is 366 g/mol. The van der Waals surface area contributed by atoms with Gasteiger partial charge in [0.2, 0.25) is 5.75 Å². The van der Waals surface area contributed by atoms with Gasteiger partial charge < -0.3 is 19.1 Å². The molecule has 3 rings (SSSR count). The lowest BCUT2D eigenvalue weighted by Crippen LogP contribution is -2.30. The Kier molecular flexibility index (Phi) is 6.74. The van der Waals surface area contributed by atoms with Crippen LogP contribution >= 0.6 is 0 Å². The minimum atomic E-state index is -0.114. The van der Waals surface area contributed by atoms with Crippen molar-refractivity contribution in [3.63, 3.8) is 0 Å². The number of ether oxygens (including phenoxy) is 3. The average molecular weight is 391 g/mol. The molecule has 0 aliphatic heterocycles. The molecule has 150 valence electrons. The molecule has 0 bridgehead atoms. The van der Waals surface area contributed by atoms with Crippen LogP contribution in [0.25, 0.3) is 0 Å². The molecule has 0 atom stereocenters. The first-order valence-corrected chi connectivity index (χ1v) is 9.33. The van der Waals surface area contributed by atoms with Gasteiger partial charge in [-0.2, -0.15) is 0 Å². The molecule has 0 fully saturated rings. The van der Waals surface area contributed by atoms with Crippen LogP contribution in [0.5, 0.6) is 17.2 Å². The summed E-state index contributed by atoms with van der Waals surface area (Å²) in [4.78, 5) is 15.3. The Hall–Kier alpha value is -3.47. The number of hydrogen-bond acceptors (Lipinski definition) is 4. The van der Waals surface area contributed by atoms with E-state index in [9.17, 15) is 4.79 Å². The number of nitrogens with zero attached hydrogens (tertiary/aromatic N) is 1. The maximum Gasteiger partial charge on any atom is 0.254 e. The number of hydrogen-bond donors (Lipinski definition) is 0. The Labute approximate surface area is 171 Å². The number of carbonyl (C=O) groups excluding carboxylic acids is 1. The number of rotatable bonds is 8. The summed E-state index contributed by atoms with van der Waals surface area (Å²) in [5.74, 6) is 1.25. The minimum absolute atomic E-state index is 0.114. The summed E-state index contributed by atoms with van der Waals surface area (Å²) in [5.41, 5.74) is 2.60. The van der Waals surface area contributed by atoms with Crippen molar-refractivity contribution in [2.75, 3.05) is 21.3 Å². The summed E-state index contributed by atoms with van der Waals surface area (Å²) in [6.07, 6.45) is 0. The van der Waals surface area contributed by atoms with E-state index >= 15 is 0 Å². The maximum absolute atomic E-state index is 13.5. The van der Waals surface area contributed by atoms with E-state index in [4.69, 9.17) is 14.2 Å². The molecule has 0 unspecified atom stereocenters. The van der Waals surface area contributed by atoms with Crippen LogP contribution < -0.4 is 14.2 Å². The van der Waals surface area contributed by atoms with Gasteiger partial charge in [-0.25, -0.2) is 0 Å². The van der Waals surface area contributed by atoms with E-state index in [1.54, 1.807) is 19.2 Å². The molecular formula is C24H25NO4. The van der Waals surface area contributed by atoms with E-state index in [0.717, 1.165) is 11.1 Å². The van der Waals surface area contributed by atoms with Gasteiger partial charge >= 0.3 is 0 Å². The summed E-state index contributed by atoms with van der Waals surface area (Å²) in [6.45, 7) is 0.983. The molecule has 0 N–H and O–H groups in total. The molecule has 0 heterocycles. The van der Waals surface area contributed by atoms with Gasteiger partial charge in [-0.15, -0.1) is 0 Å². The van der Waals surface area contributed by atoms with Gasteiger partial charge in [0.05, 0.1) is 21.3 Å². The number of carbonyl (C=O) groups is 1. The highest BCUT2D eigenvalue weighted by Gasteiger charge is 2.21. The Morgan fingerprint density at radius 3 is 1.55 bits per heavy atom. The molecule has 0 aliphatic rings. The average Bonchev–Trinajstić information content (AvgIpc) is 2.78. The van der Waals surface area contributed by atoms with E-state index in [-0.39, 0.29) is 5.91 Å². The predicted molar refractivity (Wildman–Crippen MR) is 113 cm³/mol. The Balaban J connectivity index is 1.97. The van der Waals surface area contributed by atoms with Crippen LogP contribution in [0.15, 0.2) is 72.8 Å². The van der Waals surface area contributed by atoms with Crippen molar-refractivity contribution in [3.05, 3.63) is 89.5 Å². The van der Waals surface area contributed by atoms with Crippen molar-refractivity contribution in [3.8, 4) is 17.2 Å². The normalized spacial score (nSPS) is 10.3. The molecule has 3 aromatic carbocycles. The van der Waals surface area contributed by atoms with Crippen molar-refractivity contribution in [2.45, 2.75) is 13.1 Å². The van der Waals surface area contributed by atoms with Gasteiger partial charge in [0.15, 0.2) is 11.5 Å². The maximum atomic E-state index is 13.5. The Bertz CT molecular complexity index is 875.